The third-order valence-electron chi connectivity index (χ3n) is 2.61. The van der Waals surface area contributed by atoms with E-state index >= 15 is 0 Å². The Labute approximate surface area is 109 Å². The number of rotatable bonds is 5. The Morgan fingerprint density at radius 3 is 2.84 bits per heavy atom. The van der Waals surface area contributed by atoms with Gasteiger partial charge in [0.1, 0.15) is 12.4 Å². The highest BCUT2D eigenvalue weighted by Gasteiger charge is 2.13. The zero-order chi connectivity index (χ0) is 13.8. The lowest BCUT2D eigenvalue weighted by atomic mass is 10.3. The van der Waals surface area contributed by atoms with Crippen LogP contribution in [-0.4, -0.2) is 20.6 Å². The third-order valence-corrected chi connectivity index (χ3v) is 2.61. The Morgan fingerprint density at radius 1 is 1.47 bits per heavy atom. The minimum atomic E-state index is -1.10. The van der Waals surface area contributed by atoms with Crippen LogP contribution in [0, 0.1) is 5.82 Å². The van der Waals surface area contributed by atoms with Crippen molar-refractivity contribution >= 4 is 5.97 Å². The van der Waals surface area contributed by atoms with E-state index in [1.807, 2.05) is 6.92 Å². The van der Waals surface area contributed by atoms with Crippen LogP contribution in [-0.2, 0) is 13.2 Å². The number of aromatic nitrogens is 2. The number of aromatic carboxylic acids is 1. The van der Waals surface area contributed by atoms with Crippen LogP contribution in [0.25, 0.3) is 0 Å². The van der Waals surface area contributed by atoms with Gasteiger partial charge in [0.2, 0.25) is 0 Å². The number of halogens is 1. The molecule has 0 radical (unpaired) electrons. The predicted octanol–water partition coefficient (Wildman–Crippen LogP) is 2.32. The fraction of sp³-hybridized carbons (Fsp3) is 0.231. The summed E-state index contributed by atoms with van der Waals surface area (Å²) in [6, 6.07) is 6.03. The summed E-state index contributed by atoms with van der Waals surface area (Å²) in [7, 11) is 0. The van der Waals surface area contributed by atoms with Gasteiger partial charge in [-0.25, -0.2) is 14.2 Å². The number of carboxylic acids is 1. The molecule has 5 nitrogen and oxygen atoms in total. The molecule has 1 aromatic heterocycles. The molecule has 100 valence electrons. The number of carboxylic acid groups (broad SMARTS) is 1. The number of aryl methyl sites for hydroxylation is 1. The van der Waals surface area contributed by atoms with Crippen LogP contribution in [0.4, 0.5) is 4.39 Å². The van der Waals surface area contributed by atoms with E-state index in [1.165, 1.54) is 18.3 Å². The molecule has 6 heteroatoms. The topological polar surface area (TPSA) is 64.4 Å². The second-order valence-electron chi connectivity index (χ2n) is 3.85. The molecule has 0 fully saturated rings. The number of nitrogens with zero attached hydrogens (tertiary/aromatic N) is 2. The number of para-hydroxylation sites is 1. The van der Waals surface area contributed by atoms with Crippen molar-refractivity contribution in [2.75, 3.05) is 0 Å². The number of hydrogen-bond acceptors (Lipinski definition) is 3. The molecule has 2 aromatic rings. The Morgan fingerprint density at radius 2 is 2.21 bits per heavy atom. The molecule has 0 saturated carbocycles. The molecule has 0 unspecified atom stereocenters. The minimum absolute atomic E-state index is 0.0159. The maximum absolute atomic E-state index is 13.4. The van der Waals surface area contributed by atoms with Crippen molar-refractivity contribution in [1.82, 2.24) is 9.55 Å². The number of hydrogen-bond donors (Lipinski definition) is 1. The molecule has 0 spiro atoms. The third kappa shape index (κ3) is 2.90. The molecule has 0 saturated heterocycles. The molecule has 0 aliphatic heterocycles. The van der Waals surface area contributed by atoms with Crippen molar-refractivity contribution in [3.8, 4) is 5.75 Å². The zero-order valence-corrected chi connectivity index (χ0v) is 10.3. The summed E-state index contributed by atoms with van der Waals surface area (Å²) in [4.78, 5) is 14.8. The van der Waals surface area contributed by atoms with Gasteiger partial charge in [-0.1, -0.05) is 12.1 Å². The van der Waals surface area contributed by atoms with Crippen LogP contribution in [0.2, 0.25) is 0 Å². The minimum Gasteiger partial charge on any atom is -0.483 e. The van der Waals surface area contributed by atoms with E-state index in [0.29, 0.717) is 12.4 Å². The Hall–Kier alpha value is -2.37. The predicted molar refractivity (Wildman–Crippen MR) is 65.6 cm³/mol. The number of ether oxygens (including phenoxy) is 1. The van der Waals surface area contributed by atoms with Gasteiger partial charge in [0.05, 0.1) is 0 Å². The van der Waals surface area contributed by atoms with Crippen molar-refractivity contribution in [2.45, 2.75) is 20.1 Å². The van der Waals surface area contributed by atoms with E-state index in [2.05, 4.69) is 4.98 Å². The highest BCUT2D eigenvalue weighted by molar-refractivity contribution is 5.85. The first-order valence-corrected chi connectivity index (χ1v) is 5.78. The van der Waals surface area contributed by atoms with Crippen molar-refractivity contribution in [3.05, 3.63) is 47.8 Å². The van der Waals surface area contributed by atoms with Crippen LogP contribution in [0.3, 0.4) is 0 Å². The van der Waals surface area contributed by atoms with E-state index in [-0.39, 0.29) is 18.1 Å². The van der Waals surface area contributed by atoms with Crippen LogP contribution in [0.1, 0.15) is 23.2 Å². The quantitative estimate of drug-likeness (QED) is 0.900. The van der Waals surface area contributed by atoms with Crippen LogP contribution in [0.5, 0.6) is 5.75 Å². The van der Waals surface area contributed by atoms with E-state index in [1.54, 1.807) is 16.7 Å². The van der Waals surface area contributed by atoms with E-state index in [4.69, 9.17) is 9.84 Å². The Kier molecular flexibility index (Phi) is 3.79. The monoisotopic (exact) mass is 264 g/mol. The second-order valence-corrected chi connectivity index (χ2v) is 3.85. The fourth-order valence-electron chi connectivity index (χ4n) is 1.65. The lowest BCUT2D eigenvalue weighted by molar-refractivity contribution is 0.0690. The first kappa shape index (κ1) is 13.1. The summed E-state index contributed by atoms with van der Waals surface area (Å²) in [6.07, 6.45) is 1.43. The van der Waals surface area contributed by atoms with Gasteiger partial charge in [-0.05, 0) is 19.1 Å². The Bertz CT molecular complexity index is 595. The summed E-state index contributed by atoms with van der Waals surface area (Å²) >= 11 is 0. The van der Waals surface area contributed by atoms with Gasteiger partial charge in [-0.3, -0.25) is 0 Å². The highest BCUT2D eigenvalue weighted by Crippen LogP contribution is 2.17. The van der Waals surface area contributed by atoms with Gasteiger partial charge in [0, 0.05) is 12.7 Å². The van der Waals surface area contributed by atoms with E-state index < -0.39 is 11.8 Å². The SMILES string of the molecule is CCn1cc(C(=O)O)nc1COc1ccccc1F. The maximum atomic E-state index is 13.4. The normalized spacial score (nSPS) is 10.4. The van der Waals surface area contributed by atoms with Crippen molar-refractivity contribution in [1.29, 1.82) is 0 Å². The van der Waals surface area contributed by atoms with Crippen LogP contribution < -0.4 is 4.74 Å². The summed E-state index contributed by atoms with van der Waals surface area (Å²) in [5, 5.41) is 8.87. The maximum Gasteiger partial charge on any atom is 0.356 e. The fourth-order valence-corrected chi connectivity index (χ4v) is 1.65. The molecule has 19 heavy (non-hydrogen) atoms. The molecule has 1 heterocycles. The average molecular weight is 264 g/mol. The first-order chi connectivity index (χ1) is 9.11. The zero-order valence-electron chi connectivity index (χ0n) is 10.3. The van der Waals surface area contributed by atoms with Gasteiger partial charge >= 0.3 is 5.97 Å². The smallest absolute Gasteiger partial charge is 0.356 e. The van der Waals surface area contributed by atoms with E-state index in [9.17, 15) is 9.18 Å². The van der Waals surface area contributed by atoms with E-state index in [0.717, 1.165) is 0 Å². The number of imidazole rings is 1. The average Bonchev–Trinajstić information content (AvgIpc) is 2.81. The van der Waals surface area contributed by atoms with Gasteiger partial charge < -0.3 is 14.4 Å². The summed E-state index contributed by atoms with van der Waals surface area (Å²) < 4.78 is 20.3. The van der Waals surface area contributed by atoms with Crippen LogP contribution >= 0.6 is 0 Å². The molecular weight excluding hydrogens is 251 g/mol. The molecular formula is C13H13FN2O3. The largest absolute Gasteiger partial charge is 0.483 e. The van der Waals surface area contributed by atoms with Crippen molar-refractivity contribution in [2.24, 2.45) is 0 Å². The Balaban J connectivity index is 2.15. The summed E-state index contributed by atoms with van der Waals surface area (Å²) in [5.41, 5.74) is -0.0472. The molecule has 0 aliphatic rings. The lowest BCUT2D eigenvalue weighted by Gasteiger charge is -2.07. The second kappa shape index (κ2) is 5.51. The van der Waals surface area contributed by atoms with Crippen LogP contribution in [0.15, 0.2) is 30.5 Å². The standard InChI is InChI=1S/C13H13FN2O3/c1-2-16-7-10(13(17)18)15-12(16)8-19-11-6-4-3-5-9(11)14/h3-7H,2,8H2,1H3,(H,17,18). The number of carbonyl (C=O) groups is 1. The molecule has 0 bridgehead atoms. The number of benzene rings is 1. The van der Waals surface area contributed by atoms with Crippen molar-refractivity contribution in [3.63, 3.8) is 0 Å². The van der Waals surface area contributed by atoms with Gasteiger partial charge in [0.15, 0.2) is 17.3 Å². The van der Waals surface area contributed by atoms with Gasteiger partial charge in [-0.15, -0.1) is 0 Å². The molecule has 2 rings (SSSR count). The molecule has 0 amide bonds. The summed E-state index contributed by atoms with van der Waals surface area (Å²) in [5.74, 6) is -0.997. The molecule has 1 aromatic carbocycles. The van der Waals surface area contributed by atoms with Gasteiger partial charge in [0.25, 0.3) is 0 Å². The molecule has 0 atom stereocenters. The van der Waals surface area contributed by atoms with Crippen molar-refractivity contribution < 1.29 is 19.0 Å². The van der Waals surface area contributed by atoms with Gasteiger partial charge in [-0.2, -0.15) is 0 Å². The molecule has 1 N–H and O–H groups in total. The summed E-state index contributed by atoms with van der Waals surface area (Å²) in [6.45, 7) is 2.44. The lowest BCUT2D eigenvalue weighted by Crippen LogP contribution is -2.06. The molecule has 0 aliphatic carbocycles. The highest BCUT2D eigenvalue weighted by atomic mass is 19.1. The first-order valence-electron chi connectivity index (χ1n) is 5.78.